The van der Waals surface area contributed by atoms with Crippen molar-refractivity contribution in [1.29, 1.82) is 0 Å². The van der Waals surface area contributed by atoms with E-state index >= 15 is 0 Å². The predicted molar refractivity (Wildman–Crippen MR) is 96.5 cm³/mol. The fourth-order valence-corrected chi connectivity index (χ4v) is 3.52. The number of ketones is 1. The Labute approximate surface area is 156 Å². The highest BCUT2D eigenvalue weighted by atomic mass is 16.5. The van der Waals surface area contributed by atoms with Gasteiger partial charge in [0.2, 0.25) is 5.78 Å². The van der Waals surface area contributed by atoms with E-state index in [-0.39, 0.29) is 29.8 Å². The summed E-state index contributed by atoms with van der Waals surface area (Å²) in [5.74, 6) is 0.507. The fraction of sp³-hybridized carbons (Fsp3) is 0.238. The molecule has 6 heteroatoms. The molecule has 4 rings (SSSR count). The summed E-state index contributed by atoms with van der Waals surface area (Å²) in [7, 11) is 1.46. The normalized spacial score (nSPS) is 17.7. The number of methoxy groups -OCH3 is 1. The summed E-state index contributed by atoms with van der Waals surface area (Å²) in [5, 5.41) is 9.87. The number of carbonyl (C=O) groups is 2. The number of phenolic OH excluding ortho intramolecular Hbond substituents is 1. The number of phenols is 1. The van der Waals surface area contributed by atoms with Crippen LogP contribution in [0.3, 0.4) is 0 Å². The molecule has 0 radical (unpaired) electrons. The summed E-state index contributed by atoms with van der Waals surface area (Å²) in [6, 6.07) is 8.18. The number of rotatable bonds is 2. The van der Waals surface area contributed by atoms with Crippen LogP contribution >= 0.6 is 0 Å². The summed E-state index contributed by atoms with van der Waals surface area (Å²) in [6.45, 7) is 3.63. The molecular formula is C21H18O6. The first-order valence-electron chi connectivity index (χ1n) is 8.55. The van der Waals surface area contributed by atoms with Crippen molar-refractivity contribution < 1.29 is 28.9 Å². The van der Waals surface area contributed by atoms with Gasteiger partial charge in [-0.3, -0.25) is 9.59 Å². The zero-order chi connectivity index (χ0) is 19.3. The van der Waals surface area contributed by atoms with Crippen LogP contribution in [-0.4, -0.2) is 24.0 Å². The van der Waals surface area contributed by atoms with E-state index in [0.29, 0.717) is 34.1 Å². The summed E-state index contributed by atoms with van der Waals surface area (Å²) in [6.07, 6.45) is 0.0963. The average Bonchev–Trinajstić information content (AvgIpc) is 2.98. The van der Waals surface area contributed by atoms with Crippen LogP contribution in [0, 0.1) is 0 Å². The lowest BCUT2D eigenvalue weighted by molar-refractivity contribution is -0.135. The summed E-state index contributed by atoms with van der Waals surface area (Å²) >= 11 is 0. The number of aromatic hydroxyl groups is 1. The van der Waals surface area contributed by atoms with Crippen LogP contribution in [0.4, 0.5) is 0 Å². The Balaban J connectivity index is 1.91. The minimum Gasteiger partial charge on any atom is -0.504 e. The van der Waals surface area contributed by atoms with Crippen molar-refractivity contribution in [3.63, 3.8) is 0 Å². The maximum atomic E-state index is 12.6. The number of esters is 1. The molecule has 2 aromatic rings. The molecule has 0 bridgehead atoms. The third-order valence-corrected chi connectivity index (χ3v) is 4.81. The lowest BCUT2D eigenvalue weighted by Crippen LogP contribution is -2.21. The summed E-state index contributed by atoms with van der Waals surface area (Å²) in [5.41, 5.74) is 2.65. The quantitative estimate of drug-likeness (QED) is 0.496. The lowest BCUT2D eigenvalue weighted by atomic mass is 9.84. The number of allylic oxidation sites excluding steroid dienone is 2. The molecule has 2 aromatic carbocycles. The third kappa shape index (κ3) is 2.65. The molecule has 1 N–H and O–H groups in total. The number of carbonyl (C=O) groups excluding carboxylic acids is 2. The Kier molecular flexibility index (Phi) is 3.91. The van der Waals surface area contributed by atoms with Crippen molar-refractivity contribution in [2.45, 2.75) is 26.2 Å². The van der Waals surface area contributed by atoms with Crippen LogP contribution in [0.15, 0.2) is 41.7 Å². The largest absolute Gasteiger partial charge is 0.504 e. The molecule has 2 heterocycles. The van der Waals surface area contributed by atoms with E-state index in [0.717, 1.165) is 11.1 Å². The molecule has 2 aliphatic heterocycles. The Hall–Kier alpha value is -3.28. The summed E-state index contributed by atoms with van der Waals surface area (Å²) in [4.78, 5) is 24.8. The first-order chi connectivity index (χ1) is 12.9. The molecule has 2 aliphatic rings. The van der Waals surface area contributed by atoms with Crippen LogP contribution in [-0.2, 0) is 4.79 Å². The van der Waals surface area contributed by atoms with Gasteiger partial charge >= 0.3 is 5.97 Å². The van der Waals surface area contributed by atoms with Crippen LogP contribution in [0.5, 0.6) is 23.0 Å². The predicted octanol–water partition coefficient (Wildman–Crippen LogP) is 3.71. The van der Waals surface area contributed by atoms with Gasteiger partial charge in [0.25, 0.3) is 0 Å². The van der Waals surface area contributed by atoms with Crippen LogP contribution in [0.1, 0.15) is 47.7 Å². The van der Waals surface area contributed by atoms with Crippen molar-refractivity contribution in [2.75, 3.05) is 7.11 Å². The Bertz CT molecular complexity index is 1010. The van der Waals surface area contributed by atoms with Gasteiger partial charge in [0.15, 0.2) is 17.3 Å². The molecule has 138 valence electrons. The second-order valence-electron chi connectivity index (χ2n) is 6.78. The van der Waals surface area contributed by atoms with Gasteiger partial charge in [-0.1, -0.05) is 6.07 Å². The minimum atomic E-state index is -0.380. The molecule has 0 spiro atoms. The lowest BCUT2D eigenvalue weighted by Gasteiger charge is -2.26. The highest BCUT2D eigenvalue weighted by molar-refractivity contribution is 6.13. The molecular weight excluding hydrogens is 348 g/mol. The average molecular weight is 366 g/mol. The fourth-order valence-electron chi connectivity index (χ4n) is 3.52. The molecule has 0 unspecified atom stereocenters. The van der Waals surface area contributed by atoms with E-state index in [2.05, 4.69) is 0 Å². The zero-order valence-corrected chi connectivity index (χ0v) is 15.2. The number of hydrogen-bond donors (Lipinski definition) is 1. The smallest absolute Gasteiger partial charge is 0.312 e. The van der Waals surface area contributed by atoms with E-state index in [1.165, 1.54) is 13.2 Å². The van der Waals surface area contributed by atoms with E-state index in [1.807, 2.05) is 13.8 Å². The van der Waals surface area contributed by atoms with Crippen LogP contribution in [0.25, 0.3) is 0 Å². The second-order valence-corrected chi connectivity index (χ2v) is 6.78. The van der Waals surface area contributed by atoms with Gasteiger partial charge < -0.3 is 19.3 Å². The van der Waals surface area contributed by atoms with E-state index in [4.69, 9.17) is 14.2 Å². The van der Waals surface area contributed by atoms with Gasteiger partial charge in [0.05, 0.1) is 19.1 Å². The zero-order valence-electron chi connectivity index (χ0n) is 15.2. The first-order valence-corrected chi connectivity index (χ1v) is 8.55. The number of fused-ring (bicyclic) bond motifs is 3. The molecule has 1 atom stereocenters. The van der Waals surface area contributed by atoms with Gasteiger partial charge in [-0.25, -0.2) is 0 Å². The van der Waals surface area contributed by atoms with Crippen molar-refractivity contribution in [2.24, 2.45) is 0 Å². The van der Waals surface area contributed by atoms with Crippen molar-refractivity contribution >= 4 is 11.8 Å². The van der Waals surface area contributed by atoms with E-state index in [9.17, 15) is 14.7 Å². The highest BCUT2D eigenvalue weighted by Crippen LogP contribution is 2.49. The summed E-state index contributed by atoms with van der Waals surface area (Å²) < 4.78 is 16.5. The molecule has 0 aliphatic carbocycles. The van der Waals surface area contributed by atoms with Crippen molar-refractivity contribution in [3.05, 3.63) is 58.4 Å². The number of benzene rings is 2. The molecule has 0 fully saturated rings. The number of Topliss-reactive ketones (excluding diaryl/α,β-unsaturated/α-hetero) is 1. The number of ether oxygens (including phenoxy) is 3. The van der Waals surface area contributed by atoms with Crippen molar-refractivity contribution in [1.82, 2.24) is 0 Å². The van der Waals surface area contributed by atoms with E-state index < -0.39 is 0 Å². The minimum absolute atomic E-state index is 0.0106. The maximum absolute atomic E-state index is 12.6. The third-order valence-electron chi connectivity index (χ3n) is 4.81. The first kappa shape index (κ1) is 17.1. The molecule has 0 saturated carbocycles. The highest BCUT2D eigenvalue weighted by Gasteiger charge is 2.38. The van der Waals surface area contributed by atoms with Gasteiger partial charge in [0, 0.05) is 11.5 Å². The van der Waals surface area contributed by atoms with Gasteiger partial charge in [-0.05, 0) is 49.2 Å². The Morgan fingerprint density at radius 1 is 1.15 bits per heavy atom. The molecule has 27 heavy (non-hydrogen) atoms. The standard InChI is InChI=1S/C21H18O6/c1-10(2)20-19(24)12-5-7-15-18(21(12)27-20)13(9-17(23)26-15)11-4-6-14(22)16(8-11)25-3/h4-8,13,22H,9H2,1-3H3/t13-/m1/s1. The van der Waals surface area contributed by atoms with Gasteiger partial charge in [0.1, 0.15) is 11.5 Å². The topological polar surface area (TPSA) is 82.1 Å². The van der Waals surface area contributed by atoms with Crippen LogP contribution in [0.2, 0.25) is 0 Å². The molecule has 6 nitrogen and oxygen atoms in total. The van der Waals surface area contributed by atoms with Crippen molar-refractivity contribution in [3.8, 4) is 23.0 Å². The van der Waals surface area contributed by atoms with Crippen LogP contribution < -0.4 is 14.2 Å². The van der Waals surface area contributed by atoms with E-state index in [1.54, 1.807) is 24.3 Å². The van der Waals surface area contributed by atoms with Gasteiger partial charge in [-0.2, -0.15) is 0 Å². The Morgan fingerprint density at radius 3 is 2.63 bits per heavy atom. The second kappa shape index (κ2) is 6.16. The molecule has 0 saturated heterocycles. The maximum Gasteiger partial charge on any atom is 0.312 e. The number of hydrogen-bond acceptors (Lipinski definition) is 6. The molecule has 0 amide bonds. The Morgan fingerprint density at radius 2 is 1.93 bits per heavy atom. The SMILES string of the molecule is COc1cc([C@H]2CC(=O)Oc3ccc4c(c32)OC(=C(C)C)C4=O)ccc1O. The monoisotopic (exact) mass is 366 g/mol. The van der Waals surface area contributed by atoms with Gasteiger partial charge in [-0.15, -0.1) is 0 Å². The molecule has 0 aromatic heterocycles.